The number of hydrogen-bond acceptors (Lipinski definition) is 5. The molecule has 1 fully saturated rings. The van der Waals surface area contributed by atoms with Crippen molar-refractivity contribution in [1.82, 2.24) is 10.3 Å². The highest BCUT2D eigenvalue weighted by atomic mass is 16.5. The molecule has 0 spiro atoms. The number of ether oxygens (including phenoxy) is 2. The van der Waals surface area contributed by atoms with E-state index in [0.717, 1.165) is 18.7 Å². The number of pyridine rings is 1. The number of nitrogens with zero attached hydrogens (tertiary/aromatic N) is 1. The maximum absolute atomic E-state index is 12.5. The molecule has 2 N–H and O–H groups in total. The average Bonchev–Trinajstić information content (AvgIpc) is 3.14. The number of methoxy groups -OCH3 is 1. The van der Waals surface area contributed by atoms with Gasteiger partial charge in [-0.15, -0.1) is 0 Å². The fourth-order valence-electron chi connectivity index (χ4n) is 2.64. The van der Waals surface area contributed by atoms with Crippen molar-refractivity contribution in [3.63, 3.8) is 0 Å². The van der Waals surface area contributed by atoms with Gasteiger partial charge in [-0.2, -0.15) is 0 Å². The number of carbonyl (C=O) groups is 1. The number of anilines is 2. The van der Waals surface area contributed by atoms with Gasteiger partial charge >= 0.3 is 0 Å². The lowest BCUT2D eigenvalue weighted by Crippen LogP contribution is -2.30. The van der Waals surface area contributed by atoms with Crippen LogP contribution in [-0.4, -0.2) is 37.8 Å². The van der Waals surface area contributed by atoms with Crippen LogP contribution in [0.3, 0.4) is 0 Å². The molecule has 1 aromatic heterocycles. The Morgan fingerprint density at radius 1 is 1.33 bits per heavy atom. The highest BCUT2D eigenvalue weighted by Gasteiger charge is 2.18. The van der Waals surface area contributed by atoms with Crippen molar-refractivity contribution in [2.75, 3.05) is 32.2 Å². The van der Waals surface area contributed by atoms with Crippen LogP contribution in [0.2, 0.25) is 0 Å². The van der Waals surface area contributed by atoms with Crippen molar-refractivity contribution in [2.24, 2.45) is 5.92 Å². The molecule has 2 aromatic rings. The second kappa shape index (κ2) is 7.79. The van der Waals surface area contributed by atoms with E-state index in [2.05, 4.69) is 15.6 Å². The zero-order valence-corrected chi connectivity index (χ0v) is 13.6. The standard InChI is InChI=1S/C18H21N3O3/c1-23-16-7-3-2-6-15(16)21-17-14(5-4-9-19-17)18(22)20-11-13-8-10-24-12-13/h2-7,9,13H,8,10-12H2,1H3,(H,19,21)(H,20,22)/t13-/m1/s1. The number of nitrogens with one attached hydrogen (secondary N) is 2. The molecule has 126 valence electrons. The third-order valence-corrected chi connectivity index (χ3v) is 3.99. The molecule has 1 atom stereocenters. The predicted molar refractivity (Wildman–Crippen MR) is 91.8 cm³/mol. The van der Waals surface area contributed by atoms with Crippen molar-refractivity contribution in [2.45, 2.75) is 6.42 Å². The van der Waals surface area contributed by atoms with Gasteiger partial charge < -0.3 is 20.1 Å². The zero-order chi connectivity index (χ0) is 16.8. The largest absolute Gasteiger partial charge is 0.495 e. The lowest BCUT2D eigenvalue weighted by Gasteiger charge is -2.14. The number of carbonyl (C=O) groups excluding carboxylic acids is 1. The van der Waals surface area contributed by atoms with E-state index in [1.165, 1.54) is 0 Å². The van der Waals surface area contributed by atoms with Crippen LogP contribution in [0.4, 0.5) is 11.5 Å². The first-order valence-corrected chi connectivity index (χ1v) is 7.99. The molecule has 0 radical (unpaired) electrons. The van der Waals surface area contributed by atoms with E-state index in [1.807, 2.05) is 24.3 Å². The van der Waals surface area contributed by atoms with E-state index < -0.39 is 0 Å². The molecule has 2 heterocycles. The maximum Gasteiger partial charge on any atom is 0.255 e. The van der Waals surface area contributed by atoms with E-state index in [0.29, 0.717) is 36.2 Å². The summed E-state index contributed by atoms with van der Waals surface area (Å²) in [4.78, 5) is 16.8. The number of aromatic nitrogens is 1. The molecule has 6 nitrogen and oxygen atoms in total. The Bertz CT molecular complexity index is 699. The van der Waals surface area contributed by atoms with Crippen LogP contribution in [0.25, 0.3) is 0 Å². The van der Waals surface area contributed by atoms with E-state index in [1.54, 1.807) is 25.4 Å². The molecule has 1 aliphatic heterocycles. The smallest absolute Gasteiger partial charge is 0.255 e. The van der Waals surface area contributed by atoms with E-state index in [9.17, 15) is 4.79 Å². The predicted octanol–water partition coefficient (Wildman–Crippen LogP) is 2.60. The van der Waals surface area contributed by atoms with E-state index in [4.69, 9.17) is 9.47 Å². The Morgan fingerprint density at radius 3 is 3.00 bits per heavy atom. The summed E-state index contributed by atoms with van der Waals surface area (Å²) in [6.45, 7) is 2.09. The van der Waals surface area contributed by atoms with Crippen LogP contribution < -0.4 is 15.4 Å². The van der Waals surface area contributed by atoms with Crippen molar-refractivity contribution >= 4 is 17.4 Å². The second-order valence-corrected chi connectivity index (χ2v) is 5.66. The third kappa shape index (κ3) is 3.83. The van der Waals surface area contributed by atoms with Crippen LogP contribution >= 0.6 is 0 Å². The molecule has 1 aromatic carbocycles. The summed E-state index contributed by atoms with van der Waals surface area (Å²) >= 11 is 0. The minimum atomic E-state index is -0.146. The van der Waals surface area contributed by atoms with Gasteiger partial charge in [-0.25, -0.2) is 4.98 Å². The van der Waals surface area contributed by atoms with Crippen LogP contribution in [0.1, 0.15) is 16.8 Å². The Labute approximate surface area is 141 Å². The number of amides is 1. The van der Waals surface area contributed by atoms with Gasteiger partial charge in [0, 0.05) is 25.3 Å². The second-order valence-electron chi connectivity index (χ2n) is 5.66. The molecule has 1 amide bonds. The first-order valence-electron chi connectivity index (χ1n) is 7.99. The molecule has 0 bridgehead atoms. The lowest BCUT2D eigenvalue weighted by atomic mass is 10.1. The summed E-state index contributed by atoms with van der Waals surface area (Å²) in [6, 6.07) is 11.0. The first-order chi connectivity index (χ1) is 11.8. The normalized spacial score (nSPS) is 16.6. The molecule has 0 unspecified atom stereocenters. The maximum atomic E-state index is 12.5. The summed E-state index contributed by atoms with van der Waals surface area (Å²) in [5.41, 5.74) is 1.26. The molecule has 24 heavy (non-hydrogen) atoms. The molecular formula is C18H21N3O3. The van der Waals surface area contributed by atoms with Gasteiger partial charge in [0.15, 0.2) is 0 Å². The molecule has 6 heteroatoms. The molecule has 3 rings (SSSR count). The summed E-state index contributed by atoms with van der Waals surface area (Å²) in [7, 11) is 1.61. The summed E-state index contributed by atoms with van der Waals surface area (Å²) in [5, 5.41) is 6.14. The molecule has 0 saturated carbocycles. The highest BCUT2D eigenvalue weighted by Crippen LogP contribution is 2.27. The van der Waals surface area contributed by atoms with Gasteiger partial charge in [0.05, 0.1) is 25.0 Å². The number of hydrogen-bond donors (Lipinski definition) is 2. The minimum absolute atomic E-state index is 0.146. The molecule has 1 saturated heterocycles. The molecule has 0 aliphatic carbocycles. The monoisotopic (exact) mass is 327 g/mol. The molecular weight excluding hydrogens is 306 g/mol. The average molecular weight is 327 g/mol. The summed E-state index contributed by atoms with van der Waals surface area (Å²) in [6.07, 6.45) is 2.64. The van der Waals surface area contributed by atoms with Gasteiger partial charge in [0.25, 0.3) is 5.91 Å². The number of benzene rings is 1. The van der Waals surface area contributed by atoms with Gasteiger partial charge in [0.1, 0.15) is 11.6 Å². The fraction of sp³-hybridized carbons (Fsp3) is 0.333. The van der Waals surface area contributed by atoms with E-state index in [-0.39, 0.29) is 5.91 Å². The Balaban J connectivity index is 1.73. The Kier molecular flexibility index (Phi) is 5.28. The highest BCUT2D eigenvalue weighted by molar-refractivity contribution is 5.99. The topological polar surface area (TPSA) is 72.5 Å². The van der Waals surface area contributed by atoms with Crippen LogP contribution in [-0.2, 0) is 4.74 Å². The third-order valence-electron chi connectivity index (χ3n) is 3.99. The van der Waals surface area contributed by atoms with Crippen molar-refractivity contribution < 1.29 is 14.3 Å². The van der Waals surface area contributed by atoms with Crippen molar-refractivity contribution in [3.8, 4) is 5.75 Å². The lowest BCUT2D eigenvalue weighted by molar-refractivity contribution is 0.0945. The number of rotatable bonds is 6. The molecule has 1 aliphatic rings. The Hall–Kier alpha value is -2.60. The summed E-state index contributed by atoms with van der Waals surface area (Å²) < 4.78 is 10.7. The van der Waals surface area contributed by atoms with Gasteiger partial charge in [-0.3, -0.25) is 4.79 Å². The quantitative estimate of drug-likeness (QED) is 0.853. The first kappa shape index (κ1) is 16.3. The van der Waals surface area contributed by atoms with E-state index >= 15 is 0 Å². The van der Waals surface area contributed by atoms with Crippen molar-refractivity contribution in [1.29, 1.82) is 0 Å². The fourth-order valence-corrected chi connectivity index (χ4v) is 2.64. The van der Waals surface area contributed by atoms with Gasteiger partial charge in [0.2, 0.25) is 0 Å². The minimum Gasteiger partial charge on any atom is -0.495 e. The SMILES string of the molecule is COc1ccccc1Nc1ncccc1C(=O)NC[C@H]1CCOC1. The number of para-hydroxylation sites is 2. The zero-order valence-electron chi connectivity index (χ0n) is 13.6. The summed E-state index contributed by atoms with van der Waals surface area (Å²) in [5.74, 6) is 1.43. The van der Waals surface area contributed by atoms with Crippen LogP contribution in [0.5, 0.6) is 5.75 Å². The Morgan fingerprint density at radius 2 is 2.21 bits per heavy atom. The van der Waals surface area contributed by atoms with Gasteiger partial charge in [-0.05, 0) is 30.7 Å². The van der Waals surface area contributed by atoms with Crippen molar-refractivity contribution in [3.05, 3.63) is 48.2 Å². The van der Waals surface area contributed by atoms with Gasteiger partial charge in [-0.1, -0.05) is 12.1 Å². The van der Waals surface area contributed by atoms with Crippen LogP contribution in [0, 0.1) is 5.92 Å². The van der Waals surface area contributed by atoms with Crippen LogP contribution in [0.15, 0.2) is 42.6 Å².